The Balaban J connectivity index is 1.92. The first kappa shape index (κ1) is 22.3. The summed E-state index contributed by atoms with van der Waals surface area (Å²) in [5, 5.41) is 6.27. The molecule has 3 rings (SSSR count). The summed E-state index contributed by atoms with van der Waals surface area (Å²) in [5.41, 5.74) is 1.19. The van der Waals surface area contributed by atoms with E-state index < -0.39 is 6.36 Å². The van der Waals surface area contributed by atoms with E-state index in [2.05, 4.69) is 25.3 Å². The van der Waals surface area contributed by atoms with E-state index in [9.17, 15) is 17.6 Å². The van der Waals surface area contributed by atoms with Gasteiger partial charge in [-0.05, 0) is 50.6 Å². The highest BCUT2D eigenvalue weighted by molar-refractivity contribution is 5.66. The van der Waals surface area contributed by atoms with Crippen molar-refractivity contribution in [2.45, 2.75) is 39.2 Å². The molecule has 9 heteroatoms. The zero-order valence-corrected chi connectivity index (χ0v) is 17.2. The molecule has 31 heavy (non-hydrogen) atoms. The van der Waals surface area contributed by atoms with Gasteiger partial charge in [0.2, 0.25) is 5.95 Å². The van der Waals surface area contributed by atoms with Crippen molar-refractivity contribution in [3.8, 4) is 17.0 Å². The molecule has 0 aliphatic rings. The van der Waals surface area contributed by atoms with Crippen LogP contribution in [0.2, 0.25) is 0 Å². The molecular formula is C22H22F4N4O. The highest BCUT2D eigenvalue weighted by Gasteiger charge is 2.31. The van der Waals surface area contributed by atoms with Crippen LogP contribution in [-0.4, -0.2) is 21.9 Å². The molecule has 0 radical (unpaired) electrons. The molecule has 0 saturated carbocycles. The van der Waals surface area contributed by atoms with Crippen molar-refractivity contribution in [1.29, 1.82) is 0 Å². The standard InChI is InChI=1S/C22H22F4N4O/c1-21(2,3)30-20-28-18(15-7-5-9-17(11-15)31-22(24,25)26)12-19(29-20)27-13-14-6-4-8-16(23)10-14/h4-12H,13H2,1-3H3,(H2,27,28,29,30). The normalized spacial score (nSPS) is 11.8. The third-order valence-electron chi connectivity index (χ3n) is 3.94. The summed E-state index contributed by atoms with van der Waals surface area (Å²) in [6, 6.07) is 13.3. The Bertz CT molecular complexity index is 1050. The van der Waals surface area contributed by atoms with Gasteiger partial charge in [-0.3, -0.25) is 0 Å². The number of aromatic nitrogens is 2. The van der Waals surface area contributed by atoms with Crippen LogP contribution in [0.1, 0.15) is 26.3 Å². The molecule has 0 aliphatic heterocycles. The van der Waals surface area contributed by atoms with E-state index in [1.807, 2.05) is 20.8 Å². The number of hydrogen-bond donors (Lipinski definition) is 2. The number of benzene rings is 2. The smallest absolute Gasteiger partial charge is 0.406 e. The molecule has 0 aliphatic carbocycles. The van der Waals surface area contributed by atoms with Crippen molar-refractivity contribution < 1.29 is 22.3 Å². The first-order valence-corrected chi connectivity index (χ1v) is 9.49. The summed E-state index contributed by atoms with van der Waals surface area (Å²) in [6.45, 7) is 6.10. The Kier molecular flexibility index (Phi) is 6.33. The fourth-order valence-electron chi connectivity index (χ4n) is 2.77. The molecule has 1 aromatic heterocycles. The van der Waals surface area contributed by atoms with Crippen LogP contribution >= 0.6 is 0 Å². The van der Waals surface area contributed by atoms with E-state index in [1.54, 1.807) is 24.3 Å². The summed E-state index contributed by atoms with van der Waals surface area (Å²) < 4.78 is 55.2. The van der Waals surface area contributed by atoms with Gasteiger partial charge >= 0.3 is 6.36 Å². The lowest BCUT2D eigenvalue weighted by atomic mass is 10.1. The van der Waals surface area contributed by atoms with Gasteiger partial charge in [-0.1, -0.05) is 24.3 Å². The van der Waals surface area contributed by atoms with Crippen LogP contribution in [0.25, 0.3) is 11.3 Å². The largest absolute Gasteiger partial charge is 0.573 e. The van der Waals surface area contributed by atoms with E-state index in [0.29, 0.717) is 35.1 Å². The van der Waals surface area contributed by atoms with Crippen LogP contribution < -0.4 is 15.4 Å². The molecule has 0 fully saturated rings. The Labute approximate surface area is 177 Å². The third-order valence-corrected chi connectivity index (χ3v) is 3.94. The minimum absolute atomic E-state index is 0.300. The van der Waals surface area contributed by atoms with Crippen molar-refractivity contribution in [3.63, 3.8) is 0 Å². The van der Waals surface area contributed by atoms with Crippen LogP contribution in [0.5, 0.6) is 5.75 Å². The number of anilines is 2. The molecule has 0 amide bonds. The predicted octanol–water partition coefficient (Wildman–Crippen LogP) is 6.00. The Hall–Kier alpha value is -3.36. The topological polar surface area (TPSA) is 59.1 Å². The van der Waals surface area contributed by atoms with Gasteiger partial charge in [-0.2, -0.15) is 4.98 Å². The summed E-state index contributed by atoms with van der Waals surface area (Å²) in [5.74, 6) is 0.0412. The number of ether oxygens (including phenoxy) is 1. The van der Waals surface area contributed by atoms with E-state index in [0.717, 1.165) is 0 Å². The summed E-state index contributed by atoms with van der Waals surface area (Å²) >= 11 is 0. The van der Waals surface area contributed by atoms with Crippen molar-refractivity contribution in [1.82, 2.24) is 9.97 Å². The third kappa shape index (κ3) is 7.13. The number of nitrogens with zero attached hydrogens (tertiary/aromatic N) is 2. The molecule has 3 aromatic rings. The second-order valence-corrected chi connectivity index (χ2v) is 7.90. The van der Waals surface area contributed by atoms with Gasteiger partial charge < -0.3 is 15.4 Å². The highest BCUT2D eigenvalue weighted by Crippen LogP contribution is 2.29. The van der Waals surface area contributed by atoms with E-state index >= 15 is 0 Å². The minimum Gasteiger partial charge on any atom is -0.406 e. The van der Waals surface area contributed by atoms with Crippen molar-refractivity contribution in [2.24, 2.45) is 0 Å². The van der Waals surface area contributed by atoms with Gasteiger partial charge in [-0.15, -0.1) is 13.2 Å². The lowest BCUT2D eigenvalue weighted by molar-refractivity contribution is -0.274. The lowest BCUT2D eigenvalue weighted by Crippen LogP contribution is -2.27. The van der Waals surface area contributed by atoms with Crippen molar-refractivity contribution >= 4 is 11.8 Å². The molecule has 2 N–H and O–H groups in total. The van der Waals surface area contributed by atoms with Crippen LogP contribution in [0, 0.1) is 5.82 Å². The average Bonchev–Trinajstić information content (AvgIpc) is 2.64. The van der Waals surface area contributed by atoms with Gasteiger partial charge in [0.05, 0.1) is 5.69 Å². The molecule has 1 heterocycles. The molecule has 2 aromatic carbocycles. The average molecular weight is 434 g/mol. The van der Waals surface area contributed by atoms with E-state index in [1.165, 1.54) is 30.3 Å². The monoisotopic (exact) mass is 434 g/mol. The first-order valence-electron chi connectivity index (χ1n) is 9.49. The maximum absolute atomic E-state index is 13.4. The van der Waals surface area contributed by atoms with Crippen LogP contribution in [0.15, 0.2) is 54.6 Å². The SMILES string of the molecule is CC(C)(C)Nc1nc(NCc2cccc(F)c2)cc(-c2cccc(OC(F)(F)F)c2)n1. The van der Waals surface area contributed by atoms with Crippen LogP contribution in [0.4, 0.5) is 29.3 Å². The quantitative estimate of drug-likeness (QED) is 0.466. The zero-order chi connectivity index (χ0) is 22.6. The van der Waals surface area contributed by atoms with Crippen molar-refractivity contribution in [3.05, 3.63) is 66.0 Å². The van der Waals surface area contributed by atoms with Crippen LogP contribution in [0.3, 0.4) is 0 Å². The number of nitrogens with one attached hydrogen (secondary N) is 2. The molecule has 0 spiro atoms. The molecule has 0 unspecified atom stereocenters. The number of rotatable bonds is 6. The fraction of sp³-hybridized carbons (Fsp3) is 0.273. The van der Waals surface area contributed by atoms with Gasteiger partial charge in [0.25, 0.3) is 0 Å². The molecule has 0 atom stereocenters. The molecular weight excluding hydrogens is 412 g/mol. The Morgan fingerprint density at radius 2 is 1.68 bits per heavy atom. The van der Waals surface area contributed by atoms with Gasteiger partial charge in [0.15, 0.2) is 0 Å². The summed E-state index contributed by atoms with van der Waals surface area (Å²) in [7, 11) is 0. The van der Waals surface area contributed by atoms with E-state index in [4.69, 9.17) is 0 Å². The molecule has 0 saturated heterocycles. The first-order chi connectivity index (χ1) is 14.5. The maximum Gasteiger partial charge on any atom is 0.573 e. The van der Waals surface area contributed by atoms with Crippen molar-refractivity contribution in [2.75, 3.05) is 10.6 Å². The predicted molar refractivity (Wildman–Crippen MR) is 111 cm³/mol. The summed E-state index contributed by atoms with van der Waals surface area (Å²) in [6.07, 6.45) is -4.79. The molecule has 0 bridgehead atoms. The lowest BCUT2D eigenvalue weighted by Gasteiger charge is -2.21. The fourth-order valence-corrected chi connectivity index (χ4v) is 2.77. The van der Waals surface area contributed by atoms with Gasteiger partial charge in [-0.25, -0.2) is 9.37 Å². The zero-order valence-electron chi connectivity index (χ0n) is 17.2. The van der Waals surface area contributed by atoms with Crippen LogP contribution in [-0.2, 0) is 6.54 Å². The van der Waals surface area contributed by atoms with Gasteiger partial charge in [0.1, 0.15) is 17.4 Å². The second-order valence-electron chi connectivity index (χ2n) is 7.90. The maximum atomic E-state index is 13.4. The number of alkyl halides is 3. The van der Waals surface area contributed by atoms with E-state index in [-0.39, 0.29) is 17.1 Å². The molecule has 5 nitrogen and oxygen atoms in total. The summed E-state index contributed by atoms with van der Waals surface area (Å²) in [4.78, 5) is 8.86. The van der Waals surface area contributed by atoms with Gasteiger partial charge in [0, 0.05) is 23.7 Å². The Morgan fingerprint density at radius 1 is 0.935 bits per heavy atom. The number of halogens is 4. The molecule has 164 valence electrons. The number of hydrogen-bond acceptors (Lipinski definition) is 5. The Morgan fingerprint density at radius 3 is 2.35 bits per heavy atom. The second kappa shape index (κ2) is 8.79. The highest BCUT2D eigenvalue weighted by atomic mass is 19.4. The minimum atomic E-state index is -4.79.